The highest BCUT2D eigenvalue weighted by Crippen LogP contribution is 2.41. The highest BCUT2D eigenvalue weighted by molar-refractivity contribution is 5.80. The van der Waals surface area contributed by atoms with Crippen LogP contribution >= 0.6 is 0 Å². The Bertz CT molecular complexity index is 542. The van der Waals surface area contributed by atoms with Crippen LogP contribution in [0.5, 0.6) is 0 Å². The minimum atomic E-state index is -0.256. The Balaban J connectivity index is 1.62. The molecule has 0 bridgehead atoms. The molecule has 1 aromatic heterocycles. The normalized spacial score (nSPS) is 29.1. The molecule has 0 aromatic carbocycles. The fourth-order valence-corrected chi connectivity index (χ4v) is 3.78. The zero-order valence-corrected chi connectivity index (χ0v) is 13.8. The van der Waals surface area contributed by atoms with Crippen LogP contribution in [0, 0.1) is 5.41 Å². The van der Waals surface area contributed by atoms with Crippen LogP contribution in [-0.4, -0.2) is 65.4 Å². The zero-order valence-electron chi connectivity index (χ0n) is 13.8. The summed E-state index contributed by atoms with van der Waals surface area (Å²) in [6.45, 7) is 3.77. The predicted molar refractivity (Wildman–Crippen MR) is 83.2 cm³/mol. The molecule has 0 N–H and O–H groups in total. The second-order valence-electron chi connectivity index (χ2n) is 7.07. The second kappa shape index (κ2) is 6.01. The van der Waals surface area contributed by atoms with Crippen LogP contribution in [0.3, 0.4) is 0 Å². The molecule has 0 saturated carbocycles. The van der Waals surface area contributed by atoms with Crippen molar-refractivity contribution in [2.24, 2.45) is 12.5 Å². The number of carbonyl (C=O) groups is 1. The number of ether oxygens (including phenoxy) is 1. The van der Waals surface area contributed by atoms with Gasteiger partial charge >= 0.3 is 0 Å². The standard InChI is InChI=1S/C16H26N4O2/c1-18(2)15(21)14-7-16(12-22-14)5-4-6-20(11-16)10-13-8-17-19(3)9-13/h8-9,14H,4-7,10-12H2,1-3H3/t14-,16-/m0/s1. The molecule has 2 aliphatic heterocycles. The first-order chi connectivity index (χ1) is 10.5. The predicted octanol–water partition coefficient (Wildman–Crippen LogP) is 0.879. The monoisotopic (exact) mass is 306 g/mol. The number of amides is 1. The Morgan fingerprint density at radius 3 is 3.05 bits per heavy atom. The van der Waals surface area contributed by atoms with Gasteiger partial charge in [0.2, 0.25) is 0 Å². The van der Waals surface area contributed by atoms with E-state index in [1.807, 2.05) is 17.9 Å². The minimum Gasteiger partial charge on any atom is -0.368 e. The van der Waals surface area contributed by atoms with Crippen molar-refractivity contribution in [3.05, 3.63) is 18.0 Å². The van der Waals surface area contributed by atoms with Gasteiger partial charge in [-0.3, -0.25) is 14.4 Å². The van der Waals surface area contributed by atoms with Crippen LogP contribution in [-0.2, 0) is 23.1 Å². The van der Waals surface area contributed by atoms with E-state index < -0.39 is 0 Å². The lowest BCUT2D eigenvalue weighted by Gasteiger charge is -2.39. The van der Waals surface area contributed by atoms with Gasteiger partial charge in [-0.2, -0.15) is 5.10 Å². The van der Waals surface area contributed by atoms with Crippen LogP contribution in [0.2, 0.25) is 0 Å². The molecule has 0 unspecified atom stereocenters. The highest BCUT2D eigenvalue weighted by atomic mass is 16.5. The molecule has 1 spiro atoms. The topological polar surface area (TPSA) is 50.6 Å². The number of piperidine rings is 1. The summed E-state index contributed by atoms with van der Waals surface area (Å²) < 4.78 is 7.68. The summed E-state index contributed by atoms with van der Waals surface area (Å²) in [7, 11) is 5.54. The smallest absolute Gasteiger partial charge is 0.251 e. The van der Waals surface area contributed by atoms with E-state index in [9.17, 15) is 4.79 Å². The third-order valence-corrected chi connectivity index (χ3v) is 4.83. The van der Waals surface area contributed by atoms with Crippen molar-refractivity contribution in [2.45, 2.75) is 31.9 Å². The number of aryl methyl sites for hydroxylation is 1. The van der Waals surface area contributed by atoms with E-state index in [1.54, 1.807) is 19.0 Å². The number of aromatic nitrogens is 2. The lowest BCUT2D eigenvalue weighted by molar-refractivity contribution is -0.138. The molecule has 0 radical (unpaired) electrons. The SMILES string of the molecule is CN(C)C(=O)[C@@H]1C[C@]2(CCCN(Cc3cnn(C)c3)C2)CO1. The maximum Gasteiger partial charge on any atom is 0.251 e. The van der Waals surface area contributed by atoms with Crippen molar-refractivity contribution >= 4 is 5.91 Å². The largest absolute Gasteiger partial charge is 0.368 e. The minimum absolute atomic E-state index is 0.0984. The molecule has 3 rings (SSSR count). The number of likely N-dealkylation sites (tertiary alicyclic amines) is 1. The Labute approximate surface area is 132 Å². The first-order valence-corrected chi connectivity index (χ1v) is 8.00. The van der Waals surface area contributed by atoms with E-state index in [0.717, 1.165) is 32.5 Å². The molecule has 22 heavy (non-hydrogen) atoms. The van der Waals surface area contributed by atoms with Crippen LogP contribution in [0.1, 0.15) is 24.8 Å². The molecule has 2 atom stereocenters. The van der Waals surface area contributed by atoms with Crippen LogP contribution < -0.4 is 0 Å². The zero-order chi connectivity index (χ0) is 15.7. The van der Waals surface area contributed by atoms with Crippen molar-refractivity contribution in [3.63, 3.8) is 0 Å². The van der Waals surface area contributed by atoms with E-state index in [0.29, 0.717) is 6.61 Å². The first-order valence-electron chi connectivity index (χ1n) is 8.00. The van der Waals surface area contributed by atoms with E-state index in [2.05, 4.69) is 16.2 Å². The van der Waals surface area contributed by atoms with Gasteiger partial charge in [-0.25, -0.2) is 0 Å². The van der Waals surface area contributed by atoms with E-state index in [1.165, 1.54) is 12.0 Å². The lowest BCUT2D eigenvalue weighted by Crippen LogP contribution is -2.43. The summed E-state index contributed by atoms with van der Waals surface area (Å²) in [5.74, 6) is 0.0984. The Kier molecular flexibility index (Phi) is 4.23. The third-order valence-electron chi connectivity index (χ3n) is 4.83. The van der Waals surface area contributed by atoms with Crippen LogP contribution in [0.4, 0.5) is 0 Å². The van der Waals surface area contributed by atoms with Gasteiger partial charge in [0, 0.05) is 51.4 Å². The summed E-state index contributed by atoms with van der Waals surface area (Å²) in [4.78, 5) is 16.2. The fraction of sp³-hybridized carbons (Fsp3) is 0.750. The van der Waals surface area contributed by atoms with E-state index in [4.69, 9.17) is 4.74 Å². The average Bonchev–Trinajstić information content (AvgIpc) is 3.05. The molecule has 0 aliphatic carbocycles. The molecule has 1 amide bonds. The van der Waals surface area contributed by atoms with Gasteiger partial charge in [0.15, 0.2) is 0 Å². The summed E-state index contributed by atoms with van der Waals surface area (Å²) >= 11 is 0. The number of hydrogen-bond acceptors (Lipinski definition) is 4. The van der Waals surface area contributed by atoms with Gasteiger partial charge in [0.25, 0.3) is 5.91 Å². The van der Waals surface area contributed by atoms with E-state index in [-0.39, 0.29) is 17.4 Å². The maximum atomic E-state index is 12.1. The summed E-state index contributed by atoms with van der Waals surface area (Å²) in [5, 5.41) is 4.24. The summed E-state index contributed by atoms with van der Waals surface area (Å²) in [5.41, 5.74) is 1.40. The molecular formula is C16H26N4O2. The van der Waals surface area contributed by atoms with Crippen LogP contribution in [0.15, 0.2) is 12.4 Å². The van der Waals surface area contributed by atoms with Crippen molar-refractivity contribution < 1.29 is 9.53 Å². The van der Waals surface area contributed by atoms with Gasteiger partial charge in [0.1, 0.15) is 6.10 Å². The summed E-state index contributed by atoms with van der Waals surface area (Å²) in [6, 6.07) is 0. The van der Waals surface area contributed by atoms with Gasteiger partial charge in [0.05, 0.1) is 12.8 Å². The molecule has 2 fully saturated rings. The average molecular weight is 306 g/mol. The number of carbonyl (C=O) groups excluding carboxylic acids is 1. The van der Waals surface area contributed by atoms with Crippen LogP contribution in [0.25, 0.3) is 0 Å². The fourth-order valence-electron chi connectivity index (χ4n) is 3.78. The molecule has 6 nitrogen and oxygen atoms in total. The third kappa shape index (κ3) is 3.17. The maximum absolute atomic E-state index is 12.1. The Morgan fingerprint density at radius 2 is 2.36 bits per heavy atom. The molecule has 2 saturated heterocycles. The van der Waals surface area contributed by atoms with Crippen molar-refractivity contribution in [1.29, 1.82) is 0 Å². The van der Waals surface area contributed by atoms with Crippen molar-refractivity contribution in [1.82, 2.24) is 19.6 Å². The molecule has 3 heterocycles. The lowest BCUT2D eigenvalue weighted by atomic mass is 9.78. The molecule has 122 valence electrons. The number of hydrogen-bond donors (Lipinski definition) is 0. The molecule has 1 aromatic rings. The quantitative estimate of drug-likeness (QED) is 0.832. The molecular weight excluding hydrogens is 280 g/mol. The van der Waals surface area contributed by atoms with Gasteiger partial charge in [-0.15, -0.1) is 0 Å². The Morgan fingerprint density at radius 1 is 1.55 bits per heavy atom. The van der Waals surface area contributed by atoms with Gasteiger partial charge < -0.3 is 9.64 Å². The van der Waals surface area contributed by atoms with Gasteiger partial charge in [-0.1, -0.05) is 0 Å². The van der Waals surface area contributed by atoms with Crippen molar-refractivity contribution in [2.75, 3.05) is 33.8 Å². The highest BCUT2D eigenvalue weighted by Gasteiger charge is 2.45. The number of nitrogens with zero attached hydrogens (tertiary/aromatic N) is 4. The molecule has 6 heteroatoms. The Hall–Kier alpha value is -1.40. The summed E-state index contributed by atoms with van der Waals surface area (Å²) in [6.07, 6.45) is 6.94. The molecule has 2 aliphatic rings. The number of likely N-dealkylation sites (N-methyl/N-ethyl adjacent to an activating group) is 1. The van der Waals surface area contributed by atoms with E-state index >= 15 is 0 Å². The van der Waals surface area contributed by atoms with Crippen molar-refractivity contribution in [3.8, 4) is 0 Å². The second-order valence-corrected chi connectivity index (χ2v) is 7.07. The van der Waals surface area contributed by atoms with Gasteiger partial charge in [-0.05, 0) is 25.8 Å². The number of rotatable bonds is 3. The first kappa shape index (κ1) is 15.5.